The predicted octanol–water partition coefficient (Wildman–Crippen LogP) is 4.51. The van der Waals surface area contributed by atoms with Crippen molar-refractivity contribution in [2.75, 3.05) is 18.4 Å². The molecule has 1 aliphatic heterocycles. The summed E-state index contributed by atoms with van der Waals surface area (Å²) in [5.74, 6) is -0.734. The van der Waals surface area contributed by atoms with E-state index in [0.717, 1.165) is 33.2 Å². The highest BCUT2D eigenvalue weighted by Crippen LogP contribution is 2.38. The lowest BCUT2D eigenvalue weighted by Gasteiger charge is -2.21. The minimum absolute atomic E-state index is 0.144. The lowest BCUT2D eigenvalue weighted by Crippen LogP contribution is -2.48. The molecule has 3 amide bonds. The summed E-state index contributed by atoms with van der Waals surface area (Å²) in [7, 11) is 0. The fraction of sp³-hybridized carbons (Fsp3) is 0.242. The van der Waals surface area contributed by atoms with Crippen LogP contribution < -0.4 is 21.7 Å². The monoisotopic (exact) mass is 534 g/mol. The number of nitrogens with one attached hydrogen (secondary N) is 3. The van der Waals surface area contributed by atoms with Crippen LogP contribution in [0.2, 0.25) is 0 Å². The maximum Gasteiger partial charge on any atom is 0.255 e. The molecule has 40 heavy (non-hydrogen) atoms. The Balaban J connectivity index is 1.33. The number of carbonyl (C=O) groups is 3. The molecule has 1 heterocycles. The first-order chi connectivity index (χ1) is 19.5. The van der Waals surface area contributed by atoms with Crippen molar-refractivity contribution in [3.8, 4) is 0 Å². The number of fused-ring (bicyclic) bond motifs is 3. The van der Waals surface area contributed by atoms with Gasteiger partial charge in [-0.1, -0.05) is 78.9 Å². The van der Waals surface area contributed by atoms with E-state index in [1.807, 2.05) is 84.9 Å². The number of carbonyl (C=O) groups excluding carboxylic acids is 3. The second-order valence-corrected chi connectivity index (χ2v) is 10.2. The second kappa shape index (κ2) is 12.6. The van der Waals surface area contributed by atoms with Crippen LogP contribution in [0.5, 0.6) is 0 Å². The maximum absolute atomic E-state index is 13.3. The molecule has 4 aromatic rings. The Morgan fingerprint density at radius 2 is 1.60 bits per heavy atom. The van der Waals surface area contributed by atoms with Crippen molar-refractivity contribution in [2.45, 2.75) is 37.6 Å². The van der Waals surface area contributed by atoms with Crippen LogP contribution in [-0.2, 0) is 16.0 Å². The molecule has 4 aromatic carbocycles. The molecule has 0 aliphatic carbocycles. The Labute approximate surface area is 234 Å². The van der Waals surface area contributed by atoms with Crippen LogP contribution in [0.25, 0.3) is 10.8 Å². The number of amides is 3. The van der Waals surface area contributed by atoms with E-state index in [4.69, 9.17) is 5.73 Å². The first-order valence-corrected chi connectivity index (χ1v) is 13.8. The van der Waals surface area contributed by atoms with Crippen molar-refractivity contribution in [3.05, 3.63) is 113 Å². The number of anilines is 1. The molecule has 0 radical (unpaired) electrons. The van der Waals surface area contributed by atoms with Gasteiger partial charge in [0.15, 0.2) is 0 Å². The van der Waals surface area contributed by atoms with Gasteiger partial charge in [-0.2, -0.15) is 0 Å². The van der Waals surface area contributed by atoms with Crippen LogP contribution in [0.15, 0.2) is 91.0 Å². The number of hydrogen-bond acceptors (Lipinski definition) is 4. The van der Waals surface area contributed by atoms with Crippen LogP contribution in [0, 0.1) is 0 Å². The number of benzene rings is 4. The van der Waals surface area contributed by atoms with Gasteiger partial charge in [-0.3, -0.25) is 14.4 Å². The van der Waals surface area contributed by atoms with E-state index in [9.17, 15) is 14.4 Å². The highest BCUT2D eigenvalue weighted by molar-refractivity contribution is 6.07. The van der Waals surface area contributed by atoms with Gasteiger partial charge in [0.1, 0.15) is 6.04 Å². The van der Waals surface area contributed by atoms with E-state index in [0.29, 0.717) is 37.9 Å². The molecule has 5 rings (SSSR count). The minimum Gasteiger partial charge on any atom is -0.354 e. The average molecular weight is 535 g/mol. The topological polar surface area (TPSA) is 113 Å². The van der Waals surface area contributed by atoms with E-state index in [-0.39, 0.29) is 30.1 Å². The molecule has 0 saturated carbocycles. The summed E-state index contributed by atoms with van der Waals surface area (Å²) in [6, 6.07) is 28.7. The molecule has 2 atom stereocenters. The van der Waals surface area contributed by atoms with Crippen LogP contribution in [0.1, 0.15) is 52.2 Å². The lowest BCUT2D eigenvalue weighted by atomic mass is 9.85. The SMILES string of the molecule is NCCCNC(=O)[C@@H](Cc1ccc2ccccc2c1)NC(=O)CCC1c2ccccc2NC(=O)c2ccccc21. The van der Waals surface area contributed by atoms with Crippen LogP contribution in [-0.4, -0.2) is 36.9 Å². The van der Waals surface area contributed by atoms with Crippen molar-refractivity contribution >= 4 is 34.2 Å². The van der Waals surface area contributed by atoms with E-state index >= 15 is 0 Å². The minimum atomic E-state index is -0.719. The third-order valence-corrected chi connectivity index (χ3v) is 7.41. The summed E-state index contributed by atoms with van der Waals surface area (Å²) < 4.78 is 0. The summed E-state index contributed by atoms with van der Waals surface area (Å²) in [6.07, 6.45) is 1.73. The van der Waals surface area contributed by atoms with Crippen molar-refractivity contribution in [2.24, 2.45) is 5.73 Å². The summed E-state index contributed by atoms with van der Waals surface area (Å²) in [6.45, 7) is 0.930. The van der Waals surface area contributed by atoms with Gasteiger partial charge in [0, 0.05) is 36.6 Å². The molecule has 1 aliphatic rings. The van der Waals surface area contributed by atoms with Gasteiger partial charge in [-0.15, -0.1) is 0 Å². The standard InChI is InChI=1S/C33H34N4O3/c34-18-7-19-35-33(40)30(21-22-14-15-23-8-1-2-9-24(23)20-22)36-31(38)17-16-26-25-10-3-4-12-28(25)32(39)37-29-13-6-5-11-27(26)29/h1-6,8-15,20,26,30H,7,16-19,21,34H2,(H,35,40)(H,36,38)(H,37,39)/t26?,30-/m1/s1. The normalized spacial score (nSPS) is 14.8. The second-order valence-electron chi connectivity index (χ2n) is 10.2. The number of para-hydroxylation sites is 1. The molecular weight excluding hydrogens is 500 g/mol. The summed E-state index contributed by atoms with van der Waals surface area (Å²) >= 11 is 0. The summed E-state index contributed by atoms with van der Waals surface area (Å²) in [4.78, 5) is 39.3. The molecule has 7 heteroatoms. The lowest BCUT2D eigenvalue weighted by molar-refractivity contribution is -0.129. The molecule has 0 saturated heterocycles. The van der Waals surface area contributed by atoms with E-state index in [1.165, 1.54) is 0 Å². The molecule has 1 unspecified atom stereocenters. The highest BCUT2D eigenvalue weighted by Gasteiger charge is 2.28. The predicted molar refractivity (Wildman–Crippen MR) is 158 cm³/mol. The van der Waals surface area contributed by atoms with E-state index < -0.39 is 6.04 Å². The van der Waals surface area contributed by atoms with Gasteiger partial charge in [0.05, 0.1) is 0 Å². The van der Waals surface area contributed by atoms with Gasteiger partial charge in [0.2, 0.25) is 11.8 Å². The fourth-order valence-electron chi connectivity index (χ4n) is 5.38. The van der Waals surface area contributed by atoms with E-state index in [1.54, 1.807) is 0 Å². The Bertz CT molecular complexity index is 1530. The average Bonchev–Trinajstić information content (AvgIpc) is 3.09. The van der Waals surface area contributed by atoms with Gasteiger partial charge < -0.3 is 21.7 Å². The number of nitrogens with two attached hydrogens (primary N) is 1. The Morgan fingerprint density at radius 1 is 0.875 bits per heavy atom. The Morgan fingerprint density at radius 3 is 2.42 bits per heavy atom. The van der Waals surface area contributed by atoms with Crippen molar-refractivity contribution in [1.29, 1.82) is 0 Å². The first-order valence-electron chi connectivity index (χ1n) is 13.8. The molecule has 5 N–H and O–H groups in total. The number of hydrogen-bond donors (Lipinski definition) is 4. The molecule has 7 nitrogen and oxygen atoms in total. The first kappa shape index (κ1) is 27.1. The van der Waals surface area contributed by atoms with Gasteiger partial charge >= 0.3 is 0 Å². The van der Waals surface area contributed by atoms with Crippen molar-refractivity contribution in [1.82, 2.24) is 10.6 Å². The number of rotatable bonds is 10. The summed E-state index contributed by atoms with van der Waals surface area (Å²) in [5, 5.41) is 11.1. The van der Waals surface area contributed by atoms with Gasteiger partial charge in [0.25, 0.3) is 5.91 Å². The zero-order valence-electron chi connectivity index (χ0n) is 22.4. The third kappa shape index (κ3) is 6.21. The molecule has 0 bridgehead atoms. The highest BCUT2D eigenvalue weighted by atomic mass is 16.2. The smallest absolute Gasteiger partial charge is 0.255 e. The Kier molecular flexibility index (Phi) is 8.52. The van der Waals surface area contributed by atoms with Crippen LogP contribution in [0.3, 0.4) is 0 Å². The van der Waals surface area contributed by atoms with Crippen LogP contribution in [0.4, 0.5) is 5.69 Å². The molecule has 0 aromatic heterocycles. The zero-order chi connectivity index (χ0) is 27.9. The Hall–Kier alpha value is -4.49. The zero-order valence-corrected chi connectivity index (χ0v) is 22.4. The van der Waals surface area contributed by atoms with Gasteiger partial charge in [-0.25, -0.2) is 0 Å². The van der Waals surface area contributed by atoms with Crippen molar-refractivity contribution < 1.29 is 14.4 Å². The van der Waals surface area contributed by atoms with Gasteiger partial charge in [-0.05, 0) is 59.0 Å². The molecule has 0 fully saturated rings. The largest absolute Gasteiger partial charge is 0.354 e. The summed E-state index contributed by atoms with van der Waals surface area (Å²) in [5.41, 5.74) is 9.79. The van der Waals surface area contributed by atoms with Crippen molar-refractivity contribution in [3.63, 3.8) is 0 Å². The quantitative estimate of drug-likeness (QED) is 0.224. The maximum atomic E-state index is 13.3. The molecule has 0 spiro atoms. The third-order valence-electron chi connectivity index (χ3n) is 7.41. The molecular formula is C33H34N4O3. The van der Waals surface area contributed by atoms with Crippen LogP contribution >= 0.6 is 0 Å². The molecule has 204 valence electrons. The van der Waals surface area contributed by atoms with E-state index in [2.05, 4.69) is 22.0 Å². The fourth-order valence-corrected chi connectivity index (χ4v) is 5.38.